The first-order valence-electron chi connectivity index (χ1n) is 22.3. The number of nitrogens with zero attached hydrogens (tertiary/aromatic N) is 1. The zero-order valence-corrected chi connectivity index (χ0v) is 36.7. The maximum absolute atomic E-state index is 14.4. The second-order valence-corrected chi connectivity index (χ2v) is 23.6. The molecule has 1 saturated heterocycles. The summed E-state index contributed by atoms with van der Waals surface area (Å²) in [6, 6.07) is 0. The number of fused-ring (bicyclic) bond motifs is 7. The van der Waals surface area contributed by atoms with Gasteiger partial charge in [-0.25, -0.2) is 12.8 Å². The topological polar surface area (TPSA) is 75.7 Å². The maximum Gasteiger partial charge on any atom is 0.315 e. The van der Waals surface area contributed by atoms with Gasteiger partial charge in [0.2, 0.25) is 0 Å². The minimum atomic E-state index is -2.96. The zero-order chi connectivity index (χ0) is 39.8. The molecule has 0 bridgehead atoms. The van der Waals surface area contributed by atoms with Gasteiger partial charge in [0.1, 0.15) is 16.5 Å². The van der Waals surface area contributed by atoms with Gasteiger partial charge in [0.25, 0.3) is 0 Å². The fourth-order valence-corrected chi connectivity index (χ4v) is 16.5. The number of ether oxygens (including phenoxy) is 1. The van der Waals surface area contributed by atoms with Crippen LogP contribution in [-0.2, 0) is 19.4 Å². The number of carbonyl (C=O) groups excluding carboxylic acids is 1. The Labute approximate surface area is 334 Å². The summed E-state index contributed by atoms with van der Waals surface area (Å²) in [5.41, 5.74) is 4.08. The van der Waals surface area contributed by atoms with Crippen molar-refractivity contribution in [2.24, 2.45) is 56.7 Å². The first kappa shape index (κ1) is 41.6. The number of hydrogen-bond acceptors (Lipinski definition) is 6. The smallest absolute Gasteiger partial charge is 0.315 e. The lowest BCUT2D eigenvalue weighted by molar-refractivity contribution is -0.221. The van der Waals surface area contributed by atoms with E-state index in [0.717, 1.165) is 51.9 Å². The Balaban J connectivity index is 1.10. The number of hydrogen-bond donors (Lipinski definition) is 1. The third kappa shape index (κ3) is 6.59. The molecule has 7 aliphatic rings. The molecule has 8 heteroatoms. The number of carbonyl (C=O) groups is 1. The average Bonchev–Trinajstić information content (AvgIpc) is 3.52. The van der Waals surface area contributed by atoms with Gasteiger partial charge >= 0.3 is 5.97 Å². The highest BCUT2D eigenvalue weighted by Crippen LogP contribution is 2.76. The van der Waals surface area contributed by atoms with E-state index in [1.807, 2.05) is 0 Å². The van der Waals surface area contributed by atoms with Crippen molar-refractivity contribution in [1.29, 1.82) is 0 Å². The van der Waals surface area contributed by atoms with Crippen LogP contribution in [0, 0.1) is 56.7 Å². The van der Waals surface area contributed by atoms with Gasteiger partial charge in [-0.1, -0.05) is 58.9 Å². The van der Waals surface area contributed by atoms with Crippen LogP contribution in [0.15, 0.2) is 35.5 Å². The number of likely N-dealkylation sites (tertiary alicyclic amines) is 1. The van der Waals surface area contributed by atoms with Gasteiger partial charge in [0, 0.05) is 24.9 Å². The standard InChI is InChI=1S/C47H75FN2O4S/c1-10-54-41(51)46(31-48)22-13-33(14-23-46)36-16-20-43(6)38(42(36,4)5)17-21-45(8)39(43)12-11-37-40-35(32(2)3)15-24-47(40,26-25-44(37,45)7)49-27-30-50-28-18-34(19-29-50)55(9,52)53/h13,16,34-35,37-40,49H,2,10-12,14-15,17-31H2,1,3-9H3/t35-,37+,38-,39+,40+,43-,44+,45+,46?,47-/m0/s1. The van der Waals surface area contributed by atoms with E-state index in [9.17, 15) is 17.6 Å². The van der Waals surface area contributed by atoms with Gasteiger partial charge in [0.05, 0.1) is 17.3 Å². The molecule has 55 heavy (non-hydrogen) atoms. The summed E-state index contributed by atoms with van der Waals surface area (Å²) in [6.45, 7) is 25.2. The predicted octanol–water partition coefficient (Wildman–Crippen LogP) is 9.66. The summed E-state index contributed by atoms with van der Waals surface area (Å²) in [4.78, 5) is 15.3. The minimum absolute atomic E-state index is 0.0137. The second kappa shape index (κ2) is 14.6. The molecule has 1 aliphatic heterocycles. The van der Waals surface area contributed by atoms with Crippen molar-refractivity contribution in [2.75, 3.05) is 45.7 Å². The molecule has 1 N–H and O–H groups in total. The molecule has 6 nitrogen and oxygen atoms in total. The third-order valence-corrected chi connectivity index (χ3v) is 20.3. The molecule has 7 rings (SSSR count). The van der Waals surface area contributed by atoms with E-state index in [2.05, 4.69) is 70.5 Å². The van der Waals surface area contributed by atoms with Gasteiger partial charge < -0.3 is 15.0 Å². The van der Waals surface area contributed by atoms with E-state index in [1.54, 1.807) is 6.92 Å². The molecular weight excluding hydrogens is 708 g/mol. The molecule has 10 atom stereocenters. The van der Waals surface area contributed by atoms with Crippen molar-refractivity contribution < 1.29 is 22.3 Å². The highest BCUT2D eigenvalue weighted by atomic mass is 32.2. The lowest BCUT2D eigenvalue weighted by atomic mass is 9.33. The molecular formula is C47H75FN2O4S. The van der Waals surface area contributed by atoms with Crippen molar-refractivity contribution in [2.45, 2.75) is 149 Å². The summed E-state index contributed by atoms with van der Waals surface area (Å²) in [5, 5.41) is 4.09. The van der Waals surface area contributed by atoms with E-state index in [0.29, 0.717) is 49.0 Å². The lowest BCUT2D eigenvalue weighted by Crippen LogP contribution is -2.68. The summed E-state index contributed by atoms with van der Waals surface area (Å²) in [7, 11) is -2.96. The number of rotatable bonds is 10. The minimum Gasteiger partial charge on any atom is -0.465 e. The summed E-state index contributed by atoms with van der Waals surface area (Å²) >= 11 is 0. The molecule has 0 radical (unpaired) electrons. The van der Waals surface area contributed by atoms with Crippen LogP contribution >= 0.6 is 0 Å². The van der Waals surface area contributed by atoms with Crippen LogP contribution < -0.4 is 5.32 Å². The number of halogens is 1. The van der Waals surface area contributed by atoms with Crippen LogP contribution in [0.4, 0.5) is 4.39 Å². The van der Waals surface area contributed by atoms with E-state index in [-0.39, 0.29) is 38.4 Å². The number of esters is 1. The first-order chi connectivity index (χ1) is 25.8. The van der Waals surface area contributed by atoms with E-state index in [1.165, 1.54) is 74.3 Å². The molecule has 1 heterocycles. The van der Waals surface area contributed by atoms with Crippen molar-refractivity contribution in [3.63, 3.8) is 0 Å². The molecule has 5 fully saturated rings. The Hall–Kier alpha value is -1.51. The van der Waals surface area contributed by atoms with Crippen LogP contribution in [0.5, 0.6) is 0 Å². The van der Waals surface area contributed by atoms with Crippen molar-refractivity contribution in [1.82, 2.24) is 10.2 Å². The maximum atomic E-state index is 14.4. The van der Waals surface area contributed by atoms with E-state index >= 15 is 0 Å². The predicted molar refractivity (Wildman–Crippen MR) is 222 cm³/mol. The van der Waals surface area contributed by atoms with Crippen molar-refractivity contribution >= 4 is 15.8 Å². The Morgan fingerprint density at radius 2 is 1.65 bits per heavy atom. The van der Waals surface area contributed by atoms with Crippen molar-refractivity contribution in [3.05, 3.63) is 35.5 Å². The largest absolute Gasteiger partial charge is 0.465 e. The number of piperidine rings is 1. The van der Waals surface area contributed by atoms with Gasteiger partial charge in [-0.15, -0.1) is 0 Å². The number of alkyl halides is 1. The van der Waals surface area contributed by atoms with E-state index in [4.69, 9.17) is 4.74 Å². The summed E-state index contributed by atoms with van der Waals surface area (Å²) in [5.74, 6) is 2.73. The first-order valence-corrected chi connectivity index (χ1v) is 24.2. The number of sulfone groups is 1. The zero-order valence-electron chi connectivity index (χ0n) is 35.8. The van der Waals surface area contributed by atoms with Gasteiger partial charge in [-0.05, 0) is 179 Å². The van der Waals surface area contributed by atoms with Crippen molar-refractivity contribution in [3.8, 4) is 0 Å². The molecule has 1 unspecified atom stereocenters. The van der Waals surface area contributed by atoms with Crippen LogP contribution in [0.1, 0.15) is 138 Å². The molecule has 0 spiro atoms. The molecule has 6 aliphatic carbocycles. The van der Waals surface area contributed by atoms with Gasteiger partial charge in [-0.2, -0.15) is 0 Å². The molecule has 0 aromatic heterocycles. The second-order valence-electron chi connectivity index (χ2n) is 21.3. The van der Waals surface area contributed by atoms with Crippen LogP contribution in [0.25, 0.3) is 0 Å². The highest BCUT2D eigenvalue weighted by Gasteiger charge is 2.70. The fourth-order valence-electron chi connectivity index (χ4n) is 15.4. The molecule has 0 aromatic rings. The quantitative estimate of drug-likeness (QED) is 0.176. The lowest BCUT2D eigenvalue weighted by Gasteiger charge is -2.72. The Kier molecular flexibility index (Phi) is 11.1. The molecule has 0 amide bonds. The normalized spacial score (nSPS) is 43.3. The Morgan fingerprint density at radius 3 is 2.27 bits per heavy atom. The third-order valence-electron chi connectivity index (χ3n) is 18.6. The van der Waals surface area contributed by atoms with Crippen LogP contribution in [-0.4, -0.2) is 75.8 Å². The molecule has 0 aromatic carbocycles. The van der Waals surface area contributed by atoms with Crippen LogP contribution in [0.3, 0.4) is 0 Å². The summed E-state index contributed by atoms with van der Waals surface area (Å²) < 4.78 is 44.0. The molecule has 310 valence electrons. The Bertz CT molecular complexity index is 1680. The molecule has 4 saturated carbocycles. The average molecular weight is 783 g/mol. The number of allylic oxidation sites excluding steroid dienone is 5. The monoisotopic (exact) mass is 783 g/mol. The highest BCUT2D eigenvalue weighted by molar-refractivity contribution is 7.91. The SMILES string of the molecule is C=C(C)[C@@H]1CC[C@]2(NCCN3CCC(S(C)(=O)=O)CC3)CC[C@]3(C)[C@H](CC[C@@H]4[C@@]5(C)CC=C(C6=CCC(CF)(C(=O)OCC)CC6)C(C)(C)[C@@H]5CC[C@]43C)[C@@H]12. The van der Waals surface area contributed by atoms with Gasteiger partial charge in [0.15, 0.2) is 0 Å². The van der Waals surface area contributed by atoms with Gasteiger partial charge in [-0.3, -0.25) is 4.79 Å². The van der Waals surface area contributed by atoms with Crippen LogP contribution in [0.2, 0.25) is 0 Å². The fraction of sp³-hybridized carbons (Fsp3) is 0.851. The van der Waals surface area contributed by atoms with E-state index < -0.39 is 21.9 Å². The Morgan fingerprint density at radius 1 is 0.927 bits per heavy atom. The number of nitrogens with one attached hydrogen (secondary N) is 1. The summed E-state index contributed by atoms with van der Waals surface area (Å²) in [6.07, 6.45) is 20.6.